The molecule has 0 aromatic rings. The van der Waals surface area contributed by atoms with Crippen LogP contribution < -0.4 is 10.6 Å². The Kier molecular flexibility index (Phi) is 6.92. The Morgan fingerprint density at radius 3 is 2.76 bits per heavy atom. The lowest BCUT2D eigenvalue weighted by Gasteiger charge is -2.38. The standard InChI is InChI=1S/C12H24N2O2S/c1-12(9-13-10-12)16-8-11(15)14-6-4-3-5-7-17-2/h13H,3-10H2,1-2H3,(H,14,15). The molecule has 0 atom stereocenters. The molecule has 0 aliphatic carbocycles. The zero-order valence-corrected chi connectivity index (χ0v) is 11.7. The average molecular weight is 260 g/mol. The van der Waals surface area contributed by atoms with E-state index in [9.17, 15) is 4.79 Å². The number of hydrogen-bond acceptors (Lipinski definition) is 4. The van der Waals surface area contributed by atoms with E-state index in [-0.39, 0.29) is 18.1 Å². The molecule has 1 aliphatic heterocycles. The molecule has 2 N–H and O–H groups in total. The maximum Gasteiger partial charge on any atom is 0.246 e. The van der Waals surface area contributed by atoms with Crippen LogP contribution >= 0.6 is 11.8 Å². The maximum absolute atomic E-state index is 11.5. The van der Waals surface area contributed by atoms with Crippen LogP contribution in [0.5, 0.6) is 0 Å². The van der Waals surface area contributed by atoms with Gasteiger partial charge in [0.1, 0.15) is 6.61 Å². The minimum Gasteiger partial charge on any atom is -0.363 e. The first-order valence-corrected chi connectivity index (χ1v) is 7.66. The minimum absolute atomic E-state index is 0.00277. The number of amides is 1. The fourth-order valence-corrected chi connectivity index (χ4v) is 2.14. The van der Waals surface area contributed by atoms with E-state index >= 15 is 0 Å². The Balaban J connectivity index is 1.90. The van der Waals surface area contributed by atoms with Crippen molar-refractivity contribution in [2.45, 2.75) is 31.8 Å². The van der Waals surface area contributed by atoms with Gasteiger partial charge in [0.15, 0.2) is 0 Å². The minimum atomic E-state index is -0.129. The van der Waals surface area contributed by atoms with Gasteiger partial charge in [-0.15, -0.1) is 0 Å². The lowest BCUT2D eigenvalue weighted by molar-refractivity contribution is -0.135. The summed E-state index contributed by atoms with van der Waals surface area (Å²) < 4.78 is 5.54. The molecule has 0 aromatic carbocycles. The van der Waals surface area contributed by atoms with E-state index in [1.165, 1.54) is 18.6 Å². The summed E-state index contributed by atoms with van der Waals surface area (Å²) in [6, 6.07) is 0. The van der Waals surface area contributed by atoms with Crippen LogP contribution in [0.25, 0.3) is 0 Å². The highest BCUT2D eigenvalue weighted by molar-refractivity contribution is 7.98. The quantitative estimate of drug-likeness (QED) is 0.608. The fraction of sp³-hybridized carbons (Fsp3) is 0.917. The van der Waals surface area contributed by atoms with Crippen LogP contribution in [-0.2, 0) is 9.53 Å². The Bertz CT molecular complexity index is 233. The summed E-state index contributed by atoms with van der Waals surface area (Å²) in [5.41, 5.74) is -0.129. The molecule has 0 saturated carbocycles. The van der Waals surface area contributed by atoms with E-state index in [1.54, 1.807) is 0 Å². The summed E-state index contributed by atoms with van der Waals surface area (Å²) in [7, 11) is 0. The van der Waals surface area contributed by atoms with Crippen molar-refractivity contribution in [1.82, 2.24) is 10.6 Å². The largest absolute Gasteiger partial charge is 0.363 e. The normalized spacial score (nSPS) is 17.5. The zero-order chi connectivity index (χ0) is 12.6. The van der Waals surface area contributed by atoms with Crippen molar-refractivity contribution >= 4 is 17.7 Å². The third kappa shape index (κ3) is 6.29. The molecule has 4 nitrogen and oxygen atoms in total. The number of unbranched alkanes of at least 4 members (excludes halogenated alkanes) is 2. The summed E-state index contributed by atoms with van der Waals surface area (Å²) in [5, 5.41) is 6.03. The predicted octanol–water partition coefficient (Wildman–Crippen LogP) is 1.01. The lowest BCUT2D eigenvalue weighted by atomic mass is 10.0. The lowest BCUT2D eigenvalue weighted by Crippen LogP contribution is -2.59. The van der Waals surface area contributed by atoms with E-state index in [0.717, 1.165) is 26.1 Å². The molecule has 1 amide bonds. The molecule has 100 valence electrons. The first kappa shape index (κ1) is 14.8. The number of carbonyl (C=O) groups excluding carboxylic acids is 1. The Labute approximate surface area is 108 Å². The van der Waals surface area contributed by atoms with E-state index in [2.05, 4.69) is 16.9 Å². The first-order chi connectivity index (χ1) is 8.16. The first-order valence-electron chi connectivity index (χ1n) is 6.27. The van der Waals surface area contributed by atoms with Crippen molar-refractivity contribution < 1.29 is 9.53 Å². The zero-order valence-electron chi connectivity index (χ0n) is 10.9. The van der Waals surface area contributed by atoms with Gasteiger partial charge in [-0.1, -0.05) is 6.42 Å². The van der Waals surface area contributed by atoms with Crippen LogP contribution in [0.15, 0.2) is 0 Å². The number of rotatable bonds is 9. The molecule has 0 aromatic heterocycles. The number of ether oxygens (including phenoxy) is 1. The van der Waals surface area contributed by atoms with Gasteiger partial charge < -0.3 is 15.4 Å². The van der Waals surface area contributed by atoms with Crippen LogP contribution in [0.2, 0.25) is 0 Å². The van der Waals surface area contributed by atoms with E-state index in [4.69, 9.17) is 4.74 Å². The summed E-state index contributed by atoms with van der Waals surface area (Å²) in [5.74, 6) is 1.21. The average Bonchev–Trinajstić information content (AvgIpc) is 2.28. The van der Waals surface area contributed by atoms with Crippen LogP contribution in [0, 0.1) is 0 Å². The third-order valence-corrected chi connectivity index (χ3v) is 3.59. The molecular formula is C12H24N2O2S. The molecule has 17 heavy (non-hydrogen) atoms. The van der Waals surface area contributed by atoms with Crippen molar-refractivity contribution in [1.29, 1.82) is 0 Å². The molecule has 5 heteroatoms. The van der Waals surface area contributed by atoms with Crippen molar-refractivity contribution in [3.05, 3.63) is 0 Å². The fourth-order valence-electron chi connectivity index (χ4n) is 1.65. The second-order valence-corrected chi connectivity index (χ2v) is 5.73. The van der Waals surface area contributed by atoms with Gasteiger partial charge in [0.05, 0.1) is 5.60 Å². The molecule has 0 unspecified atom stereocenters. The highest BCUT2D eigenvalue weighted by Crippen LogP contribution is 2.14. The van der Waals surface area contributed by atoms with Crippen LogP contribution in [0.1, 0.15) is 26.2 Å². The van der Waals surface area contributed by atoms with Crippen molar-refractivity contribution in [3.8, 4) is 0 Å². The van der Waals surface area contributed by atoms with Gasteiger partial charge in [-0.2, -0.15) is 11.8 Å². The highest BCUT2D eigenvalue weighted by atomic mass is 32.2. The van der Waals surface area contributed by atoms with Crippen LogP contribution in [0.3, 0.4) is 0 Å². The van der Waals surface area contributed by atoms with Crippen molar-refractivity contribution in [2.24, 2.45) is 0 Å². The van der Waals surface area contributed by atoms with Gasteiger partial charge in [-0.05, 0) is 31.8 Å². The second kappa shape index (κ2) is 7.95. The summed E-state index contributed by atoms with van der Waals surface area (Å²) in [6.45, 7) is 4.66. The van der Waals surface area contributed by atoms with E-state index in [1.807, 2.05) is 18.7 Å². The Hall–Kier alpha value is -0.260. The van der Waals surface area contributed by atoms with Crippen molar-refractivity contribution in [3.63, 3.8) is 0 Å². The van der Waals surface area contributed by atoms with Gasteiger partial charge in [0, 0.05) is 19.6 Å². The molecule has 1 heterocycles. The van der Waals surface area contributed by atoms with Gasteiger partial charge in [-0.25, -0.2) is 0 Å². The smallest absolute Gasteiger partial charge is 0.246 e. The summed E-state index contributed by atoms with van der Waals surface area (Å²) >= 11 is 1.87. The summed E-state index contributed by atoms with van der Waals surface area (Å²) in [4.78, 5) is 11.5. The van der Waals surface area contributed by atoms with Crippen molar-refractivity contribution in [2.75, 3.05) is 38.2 Å². The van der Waals surface area contributed by atoms with Gasteiger partial charge >= 0.3 is 0 Å². The van der Waals surface area contributed by atoms with Crippen LogP contribution in [0.4, 0.5) is 0 Å². The number of hydrogen-bond donors (Lipinski definition) is 2. The molecule has 0 bridgehead atoms. The Morgan fingerprint density at radius 2 is 2.18 bits per heavy atom. The van der Waals surface area contributed by atoms with E-state index < -0.39 is 0 Å². The maximum atomic E-state index is 11.5. The summed E-state index contributed by atoms with van der Waals surface area (Å²) in [6.07, 6.45) is 5.60. The van der Waals surface area contributed by atoms with Gasteiger partial charge in [0.25, 0.3) is 0 Å². The topological polar surface area (TPSA) is 50.4 Å². The van der Waals surface area contributed by atoms with E-state index in [0.29, 0.717) is 0 Å². The molecule has 1 aliphatic rings. The number of thioether (sulfide) groups is 1. The molecule has 1 saturated heterocycles. The number of nitrogens with one attached hydrogen (secondary N) is 2. The Morgan fingerprint density at radius 1 is 1.41 bits per heavy atom. The monoisotopic (exact) mass is 260 g/mol. The SMILES string of the molecule is CSCCCCCNC(=O)COC1(C)CNC1. The third-order valence-electron chi connectivity index (χ3n) is 2.90. The van der Waals surface area contributed by atoms with Crippen LogP contribution in [-0.4, -0.2) is 49.8 Å². The molecule has 0 radical (unpaired) electrons. The highest BCUT2D eigenvalue weighted by Gasteiger charge is 2.32. The molecule has 1 fully saturated rings. The predicted molar refractivity (Wildman–Crippen MR) is 72.5 cm³/mol. The second-order valence-electron chi connectivity index (χ2n) is 4.75. The molecular weight excluding hydrogens is 236 g/mol. The number of carbonyl (C=O) groups is 1. The molecule has 0 spiro atoms. The van der Waals surface area contributed by atoms with Gasteiger partial charge in [-0.3, -0.25) is 4.79 Å². The molecule has 1 rings (SSSR count). The van der Waals surface area contributed by atoms with Gasteiger partial charge in [0.2, 0.25) is 5.91 Å².